The molecule has 2 aliphatic rings. The van der Waals surface area contributed by atoms with Crippen LogP contribution in [0.4, 0.5) is 0 Å². The van der Waals surface area contributed by atoms with Crippen molar-refractivity contribution in [2.45, 2.75) is 45.3 Å². The van der Waals surface area contributed by atoms with Crippen molar-refractivity contribution in [1.29, 1.82) is 0 Å². The smallest absolute Gasteiger partial charge is 0.100 e. The highest BCUT2D eigenvalue weighted by Gasteiger charge is 2.31. The van der Waals surface area contributed by atoms with Crippen LogP contribution < -0.4 is 0 Å². The van der Waals surface area contributed by atoms with Gasteiger partial charge in [-0.1, -0.05) is 11.3 Å². The van der Waals surface area contributed by atoms with Crippen LogP contribution in [0.1, 0.15) is 42.6 Å². The monoisotopic (exact) mass is 327 g/mol. The fourth-order valence-corrected chi connectivity index (χ4v) is 3.49. The van der Waals surface area contributed by atoms with Gasteiger partial charge >= 0.3 is 0 Å². The van der Waals surface area contributed by atoms with E-state index in [1.807, 2.05) is 23.1 Å². The Morgan fingerprint density at radius 2 is 2.21 bits per heavy atom. The average Bonchev–Trinajstić information content (AvgIpc) is 3.33. The minimum absolute atomic E-state index is 0.346. The number of hydrogen-bond donors (Lipinski definition) is 0. The first kappa shape index (κ1) is 15.7. The van der Waals surface area contributed by atoms with Crippen molar-refractivity contribution in [2.24, 2.45) is 5.92 Å². The molecule has 24 heavy (non-hydrogen) atoms. The summed E-state index contributed by atoms with van der Waals surface area (Å²) in [6.45, 7) is 7.39. The number of aryl methyl sites for hydroxylation is 1. The maximum Gasteiger partial charge on any atom is 0.100 e. The second-order valence-electron chi connectivity index (χ2n) is 6.95. The third kappa shape index (κ3) is 3.49. The predicted octanol–water partition coefficient (Wildman–Crippen LogP) is 2.22. The molecule has 0 spiro atoms. The van der Waals surface area contributed by atoms with E-state index in [9.17, 15) is 0 Å². The van der Waals surface area contributed by atoms with Crippen LogP contribution in [0.5, 0.6) is 0 Å². The van der Waals surface area contributed by atoms with E-state index in [1.165, 1.54) is 24.1 Å². The Labute approximate surface area is 142 Å². The molecule has 6 nitrogen and oxygen atoms in total. The Hall–Kier alpha value is -1.79. The van der Waals surface area contributed by atoms with Gasteiger partial charge in [-0.15, -0.1) is 5.10 Å². The molecule has 1 atom stereocenters. The summed E-state index contributed by atoms with van der Waals surface area (Å²) < 4.78 is 8.06. The van der Waals surface area contributed by atoms with E-state index in [0.717, 1.165) is 51.0 Å². The van der Waals surface area contributed by atoms with Gasteiger partial charge in [0.25, 0.3) is 0 Å². The normalized spacial score (nSPS) is 21.0. The van der Waals surface area contributed by atoms with Crippen molar-refractivity contribution in [1.82, 2.24) is 24.9 Å². The van der Waals surface area contributed by atoms with Crippen LogP contribution in [0.15, 0.2) is 24.5 Å². The van der Waals surface area contributed by atoms with E-state index in [4.69, 9.17) is 4.74 Å². The molecule has 1 fully saturated rings. The zero-order valence-corrected chi connectivity index (χ0v) is 14.3. The zero-order valence-electron chi connectivity index (χ0n) is 14.3. The summed E-state index contributed by atoms with van der Waals surface area (Å²) in [6.07, 6.45) is 6.42. The molecular weight excluding hydrogens is 302 g/mol. The van der Waals surface area contributed by atoms with Gasteiger partial charge in [0.2, 0.25) is 0 Å². The molecule has 1 aliphatic carbocycles. The molecule has 2 aromatic rings. The van der Waals surface area contributed by atoms with Crippen LogP contribution >= 0.6 is 0 Å². The van der Waals surface area contributed by atoms with Gasteiger partial charge in [0.1, 0.15) is 5.69 Å². The van der Waals surface area contributed by atoms with E-state index >= 15 is 0 Å². The molecule has 2 aromatic heterocycles. The van der Waals surface area contributed by atoms with Crippen molar-refractivity contribution >= 4 is 0 Å². The Bertz CT molecular complexity index is 667. The third-order valence-corrected chi connectivity index (χ3v) is 4.88. The van der Waals surface area contributed by atoms with E-state index in [2.05, 4.69) is 33.2 Å². The van der Waals surface area contributed by atoms with Crippen LogP contribution in [0, 0.1) is 5.92 Å². The summed E-state index contributed by atoms with van der Waals surface area (Å²) in [4.78, 5) is 6.65. The number of hydrogen-bond acceptors (Lipinski definition) is 5. The molecule has 0 bridgehead atoms. The molecule has 1 saturated carbocycles. The van der Waals surface area contributed by atoms with Gasteiger partial charge < -0.3 is 4.74 Å². The SMILES string of the molecule is CCn1nnc2c1[C@H](COCC1CC1)CN(Cc1cccnc1)C2. The molecule has 0 radical (unpaired) electrons. The molecule has 0 saturated heterocycles. The second kappa shape index (κ2) is 6.99. The topological polar surface area (TPSA) is 56.1 Å². The van der Waals surface area contributed by atoms with Crippen LogP contribution in [-0.4, -0.2) is 44.6 Å². The quantitative estimate of drug-likeness (QED) is 0.780. The largest absolute Gasteiger partial charge is 0.380 e. The summed E-state index contributed by atoms with van der Waals surface area (Å²) in [5.74, 6) is 1.15. The Morgan fingerprint density at radius 3 is 2.96 bits per heavy atom. The molecule has 4 rings (SSSR count). The standard InChI is InChI=1S/C18H25N5O/c1-2-23-18-16(13-24-12-14-5-6-14)10-22(11-17(18)20-21-23)9-15-4-3-7-19-8-15/h3-4,7-8,14,16H,2,5-6,9-13H2,1H3/t16-/m0/s1. The minimum Gasteiger partial charge on any atom is -0.380 e. The maximum atomic E-state index is 6.01. The summed E-state index contributed by atoms with van der Waals surface area (Å²) in [7, 11) is 0. The molecule has 0 N–H and O–H groups in total. The fourth-order valence-electron chi connectivity index (χ4n) is 3.49. The van der Waals surface area contributed by atoms with Crippen molar-refractivity contribution in [3.8, 4) is 0 Å². The molecule has 6 heteroatoms. The predicted molar refractivity (Wildman–Crippen MR) is 90.3 cm³/mol. The van der Waals surface area contributed by atoms with Gasteiger partial charge in [-0.2, -0.15) is 0 Å². The highest BCUT2D eigenvalue weighted by Crippen LogP contribution is 2.31. The Kier molecular flexibility index (Phi) is 4.58. The number of rotatable bonds is 7. The molecule has 0 unspecified atom stereocenters. The Morgan fingerprint density at radius 1 is 1.29 bits per heavy atom. The maximum absolute atomic E-state index is 6.01. The van der Waals surface area contributed by atoms with Gasteiger partial charge in [0, 0.05) is 51.1 Å². The van der Waals surface area contributed by atoms with Gasteiger partial charge in [-0.25, -0.2) is 4.68 Å². The van der Waals surface area contributed by atoms with E-state index in [1.54, 1.807) is 0 Å². The van der Waals surface area contributed by atoms with Crippen LogP contribution in [0.3, 0.4) is 0 Å². The summed E-state index contributed by atoms with van der Waals surface area (Å²) in [6, 6.07) is 4.12. The van der Waals surface area contributed by atoms with Crippen molar-refractivity contribution < 1.29 is 4.74 Å². The van der Waals surface area contributed by atoms with Crippen LogP contribution in [0.25, 0.3) is 0 Å². The van der Waals surface area contributed by atoms with Crippen molar-refractivity contribution in [3.63, 3.8) is 0 Å². The fraction of sp³-hybridized carbons (Fsp3) is 0.611. The molecule has 1 aliphatic heterocycles. The molecule has 0 amide bonds. The minimum atomic E-state index is 0.346. The number of aromatic nitrogens is 4. The number of ether oxygens (including phenoxy) is 1. The lowest BCUT2D eigenvalue weighted by atomic mass is 9.98. The average molecular weight is 327 g/mol. The lowest BCUT2D eigenvalue weighted by Crippen LogP contribution is -2.36. The highest BCUT2D eigenvalue weighted by molar-refractivity contribution is 5.21. The lowest BCUT2D eigenvalue weighted by Gasteiger charge is -2.32. The second-order valence-corrected chi connectivity index (χ2v) is 6.95. The Balaban J connectivity index is 1.48. The molecular formula is C18H25N5O. The first-order valence-electron chi connectivity index (χ1n) is 8.94. The summed E-state index contributed by atoms with van der Waals surface area (Å²) >= 11 is 0. The first-order chi connectivity index (χ1) is 11.8. The van der Waals surface area contributed by atoms with E-state index < -0.39 is 0 Å². The highest BCUT2D eigenvalue weighted by atomic mass is 16.5. The van der Waals surface area contributed by atoms with E-state index in [-0.39, 0.29) is 0 Å². The number of fused-ring (bicyclic) bond motifs is 1. The summed E-state index contributed by atoms with van der Waals surface area (Å²) in [5, 5.41) is 8.76. The lowest BCUT2D eigenvalue weighted by molar-refractivity contribution is 0.0863. The number of pyridine rings is 1. The van der Waals surface area contributed by atoms with Gasteiger partial charge in [0.15, 0.2) is 0 Å². The van der Waals surface area contributed by atoms with Gasteiger partial charge in [0.05, 0.1) is 12.3 Å². The van der Waals surface area contributed by atoms with Crippen LogP contribution in [0.2, 0.25) is 0 Å². The van der Waals surface area contributed by atoms with Crippen LogP contribution in [-0.2, 0) is 24.4 Å². The van der Waals surface area contributed by atoms with E-state index in [0.29, 0.717) is 5.92 Å². The first-order valence-corrected chi connectivity index (χ1v) is 8.94. The molecule has 128 valence electrons. The zero-order chi connectivity index (χ0) is 16.4. The van der Waals surface area contributed by atoms with Crippen molar-refractivity contribution in [2.75, 3.05) is 19.8 Å². The molecule has 0 aromatic carbocycles. The van der Waals surface area contributed by atoms with Gasteiger partial charge in [-0.3, -0.25) is 9.88 Å². The summed E-state index contributed by atoms with van der Waals surface area (Å²) in [5.41, 5.74) is 3.62. The van der Waals surface area contributed by atoms with Gasteiger partial charge in [-0.05, 0) is 37.3 Å². The third-order valence-electron chi connectivity index (χ3n) is 4.88. The van der Waals surface area contributed by atoms with Crippen molar-refractivity contribution in [3.05, 3.63) is 41.5 Å². The number of nitrogens with zero attached hydrogens (tertiary/aromatic N) is 5. The molecule has 3 heterocycles.